The Bertz CT molecular complexity index is 1080. The van der Waals surface area contributed by atoms with Crippen molar-refractivity contribution < 1.29 is 29.1 Å². The Morgan fingerprint density at radius 3 is 2.20 bits per heavy atom. The summed E-state index contributed by atoms with van der Waals surface area (Å²) in [6.07, 6.45) is 7.96. The van der Waals surface area contributed by atoms with Gasteiger partial charge in [-0.3, -0.25) is 28.9 Å². The fourth-order valence-electron chi connectivity index (χ4n) is 4.19. The van der Waals surface area contributed by atoms with E-state index in [-0.39, 0.29) is 41.9 Å². The molecule has 4 amide bonds. The van der Waals surface area contributed by atoms with Gasteiger partial charge >= 0.3 is 0 Å². The van der Waals surface area contributed by atoms with E-state index in [0.29, 0.717) is 6.42 Å². The minimum Gasteiger partial charge on any atom is -0.510 e. The van der Waals surface area contributed by atoms with Crippen molar-refractivity contribution in [3.8, 4) is 0 Å². The molecule has 0 aliphatic carbocycles. The van der Waals surface area contributed by atoms with Gasteiger partial charge in [0.2, 0.25) is 11.8 Å². The van der Waals surface area contributed by atoms with Crippen LogP contribution in [0.2, 0.25) is 0 Å². The average Bonchev–Trinajstić information content (AvgIpc) is 3.03. The van der Waals surface area contributed by atoms with E-state index in [0.717, 1.165) is 10.5 Å². The van der Waals surface area contributed by atoms with Crippen LogP contribution in [-0.4, -0.2) is 83.1 Å². The number of likely N-dealkylation sites (N-methyl/N-ethyl adjacent to an activating group) is 1. The molecule has 3 N–H and O–H groups in total. The summed E-state index contributed by atoms with van der Waals surface area (Å²) in [6, 6.07) is -2.79. The van der Waals surface area contributed by atoms with Crippen LogP contribution < -0.4 is 10.6 Å². The van der Waals surface area contributed by atoms with Gasteiger partial charge in [0, 0.05) is 13.0 Å². The molecular weight excluding hydrogens is 512 g/mol. The molecule has 0 saturated carbocycles. The normalized spacial score (nSPS) is 17.4. The highest BCUT2D eigenvalue weighted by molar-refractivity contribution is 6.09. The second kappa shape index (κ2) is 15.9. The van der Waals surface area contributed by atoms with Crippen molar-refractivity contribution >= 4 is 29.4 Å². The SMILES string of the molecule is CC(C)=CC(=O)/C=C/C=C/CC(=O)N[C@H](CN(C)C)C(=O)N[C@H](C(=O)N1C(=O)C(C)=C(O)[C@@H]1CC(C)C)C(C)C. The highest BCUT2D eigenvalue weighted by Gasteiger charge is 2.44. The number of carbonyl (C=O) groups is 5. The van der Waals surface area contributed by atoms with Gasteiger partial charge in [-0.05, 0) is 65.3 Å². The van der Waals surface area contributed by atoms with Crippen molar-refractivity contribution in [2.24, 2.45) is 11.8 Å². The second-order valence-corrected chi connectivity index (χ2v) is 11.4. The molecule has 1 heterocycles. The Labute approximate surface area is 238 Å². The number of rotatable bonds is 14. The Morgan fingerprint density at radius 1 is 1.05 bits per heavy atom. The van der Waals surface area contributed by atoms with Crippen molar-refractivity contribution in [2.45, 2.75) is 79.4 Å². The number of nitrogens with one attached hydrogen (secondary N) is 2. The zero-order valence-electron chi connectivity index (χ0n) is 25.3. The zero-order valence-corrected chi connectivity index (χ0v) is 25.3. The van der Waals surface area contributed by atoms with E-state index in [9.17, 15) is 29.1 Å². The number of hydrogen-bond donors (Lipinski definition) is 3. The predicted octanol–water partition coefficient (Wildman–Crippen LogP) is 2.83. The molecule has 0 bridgehead atoms. The van der Waals surface area contributed by atoms with E-state index in [1.165, 1.54) is 19.1 Å². The van der Waals surface area contributed by atoms with E-state index >= 15 is 0 Å². The third-order valence-electron chi connectivity index (χ3n) is 6.15. The topological polar surface area (TPSA) is 136 Å². The first-order chi connectivity index (χ1) is 18.6. The van der Waals surface area contributed by atoms with Crippen molar-refractivity contribution in [1.29, 1.82) is 0 Å². The number of amides is 4. The first-order valence-corrected chi connectivity index (χ1v) is 13.6. The summed E-state index contributed by atoms with van der Waals surface area (Å²) in [5, 5.41) is 16.0. The van der Waals surface area contributed by atoms with Crippen LogP contribution in [0.5, 0.6) is 0 Å². The minimum absolute atomic E-state index is 0.0195. The molecule has 0 saturated heterocycles. The number of allylic oxidation sites excluding steroid dienone is 5. The van der Waals surface area contributed by atoms with Crippen molar-refractivity contribution in [2.75, 3.05) is 20.6 Å². The summed E-state index contributed by atoms with van der Waals surface area (Å²) in [5.41, 5.74) is 1.01. The van der Waals surface area contributed by atoms with Crippen LogP contribution in [0.1, 0.15) is 61.3 Å². The van der Waals surface area contributed by atoms with E-state index in [2.05, 4.69) is 10.6 Å². The number of aliphatic hydroxyl groups is 1. The molecule has 0 radical (unpaired) electrons. The molecule has 0 aromatic carbocycles. The molecule has 0 fully saturated rings. The lowest BCUT2D eigenvalue weighted by Crippen LogP contribution is -2.59. The third-order valence-corrected chi connectivity index (χ3v) is 6.15. The molecular formula is C30H46N4O6. The number of aliphatic hydroxyl groups excluding tert-OH is 1. The molecule has 10 nitrogen and oxygen atoms in total. The van der Waals surface area contributed by atoms with E-state index < -0.39 is 41.8 Å². The van der Waals surface area contributed by atoms with E-state index in [1.54, 1.807) is 51.1 Å². The Balaban J connectivity index is 3.00. The monoisotopic (exact) mass is 558 g/mol. The second-order valence-electron chi connectivity index (χ2n) is 11.4. The number of ketones is 1. The number of imide groups is 1. The summed E-state index contributed by atoms with van der Waals surface area (Å²) in [5.74, 6) is -2.69. The third kappa shape index (κ3) is 10.6. The van der Waals surface area contributed by atoms with Crippen LogP contribution in [0.3, 0.4) is 0 Å². The summed E-state index contributed by atoms with van der Waals surface area (Å²) < 4.78 is 0. The average molecular weight is 559 g/mol. The lowest BCUT2D eigenvalue weighted by Gasteiger charge is -2.32. The molecule has 40 heavy (non-hydrogen) atoms. The molecule has 1 aliphatic rings. The zero-order chi connectivity index (χ0) is 30.7. The van der Waals surface area contributed by atoms with Crippen molar-refractivity contribution in [1.82, 2.24) is 20.4 Å². The molecule has 0 unspecified atom stereocenters. The molecule has 3 atom stereocenters. The standard InChI is InChI=1S/C30H46N4O6/c1-18(2)15-22(35)13-11-10-12-14-25(36)31-23(17-33(8)9)28(38)32-26(20(5)6)30(40)34-24(16-19(3)4)27(37)21(7)29(34)39/h10-13,15,19-20,23-24,26,37H,14,16-17H2,1-9H3,(H,31,36)(H,32,38)/b12-10+,13-11+/t23-,24+,26+/m1/s1. The predicted molar refractivity (Wildman–Crippen MR) is 155 cm³/mol. The number of nitrogens with zero attached hydrogens (tertiary/aromatic N) is 2. The van der Waals surface area contributed by atoms with Crippen LogP contribution >= 0.6 is 0 Å². The lowest BCUT2D eigenvalue weighted by atomic mass is 9.98. The molecule has 10 heteroatoms. The van der Waals surface area contributed by atoms with Gasteiger partial charge in [0.25, 0.3) is 11.8 Å². The Kier molecular flexibility index (Phi) is 13.7. The first kappa shape index (κ1) is 34.5. The van der Waals surface area contributed by atoms with Crippen LogP contribution in [0.15, 0.2) is 47.3 Å². The summed E-state index contributed by atoms with van der Waals surface area (Å²) >= 11 is 0. The van der Waals surface area contributed by atoms with Crippen molar-refractivity contribution in [3.05, 3.63) is 47.3 Å². The van der Waals surface area contributed by atoms with Crippen LogP contribution in [0.25, 0.3) is 0 Å². The van der Waals surface area contributed by atoms with Gasteiger partial charge in [0.05, 0.1) is 11.6 Å². The van der Waals surface area contributed by atoms with Gasteiger partial charge < -0.3 is 20.6 Å². The van der Waals surface area contributed by atoms with Gasteiger partial charge in [0.1, 0.15) is 17.8 Å². The van der Waals surface area contributed by atoms with Gasteiger partial charge in [0.15, 0.2) is 5.78 Å². The summed E-state index contributed by atoms with van der Waals surface area (Å²) in [7, 11) is 3.50. The maximum atomic E-state index is 13.6. The van der Waals surface area contributed by atoms with Crippen LogP contribution in [0.4, 0.5) is 0 Å². The van der Waals surface area contributed by atoms with E-state index in [4.69, 9.17) is 0 Å². The van der Waals surface area contributed by atoms with Gasteiger partial charge in [-0.15, -0.1) is 0 Å². The molecule has 222 valence electrons. The van der Waals surface area contributed by atoms with Gasteiger partial charge in [-0.2, -0.15) is 0 Å². The Hall–Kier alpha value is -3.53. The van der Waals surface area contributed by atoms with Crippen molar-refractivity contribution in [3.63, 3.8) is 0 Å². The molecule has 0 aromatic rings. The smallest absolute Gasteiger partial charge is 0.260 e. The fourth-order valence-corrected chi connectivity index (χ4v) is 4.19. The molecule has 0 aromatic heterocycles. The number of carbonyl (C=O) groups excluding carboxylic acids is 5. The molecule has 1 aliphatic heterocycles. The maximum Gasteiger partial charge on any atom is 0.260 e. The van der Waals surface area contributed by atoms with Gasteiger partial charge in [-0.25, -0.2) is 0 Å². The highest BCUT2D eigenvalue weighted by Crippen LogP contribution is 2.30. The largest absolute Gasteiger partial charge is 0.510 e. The van der Waals surface area contributed by atoms with Crippen LogP contribution in [-0.2, 0) is 24.0 Å². The lowest BCUT2D eigenvalue weighted by molar-refractivity contribution is -0.147. The summed E-state index contributed by atoms with van der Waals surface area (Å²) in [6.45, 7) is 12.7. The first-order valence-electron chi connectivity index (χ1n) is 13.6. The quantitative estimate of drug-likeness (QED) is 0.220. The van der Waals surface area contributed by atoms with Crippen LogP contribution in [0, 0.1) is 11.8 Å². The Morgan fingerprint density at radius 2 is 1.68 bits per heavy atom. The summed E-state index contributed by atoms with van der Waals surface area (Å²) in [4.78, 5) is 66.9. The maximum absolute atomic E-state index is 13.6. The molecule has 1 rings (SSSR count). The highest BCUT2D eigenvalue weighted by atomic mass is 16.3. The fraction of sp³-hybridized carbons (Fsp3) is 0.567. The number of hydrogen-bond acceptors (Lipinski definition) is 7. The van der Waals surface area contributed by atoms with E-state index in [1.807, 2.05) is 27.7 Å². The molecule has 0 spiro atoms. The van der Waals surface area contributed by atoms with Gasteiger partial charge in [-0.1, -0.05) is 51.5 Å². The minimum atomic E-state index is -1.05.